The van der Waals surface area contributed by atoms with Gasteiger partial charge in [-0.2, -0.15) is 4.98 Å². The van der Waals surface area contributed by atoms with Crippen LogP contribution in [0, 0.1) is 0 Å². The summed E-state index contributed by atoms with van der Waals surface area (Å²) in [4.78, 5) is 8.03. The lowest BCUT2D eigenvalue weighted by Crippen LogP contribution is -2.04. The molecule has 6 nitrogen and oxygen atoms in total. The number of methoxy groups -OCH3 is 1. The van der Waals surface area contributed by atoms with E-state index in [1.54, 1.807) is 13.3 Å². The van der Waals surface area contributed by atoms with E-state index in [9.17, 15) is 0 Å². The van der Waals surface area contributed by atoms with Crippen molar-refractivity contribution in [1.29, 1.82) is 0 Å². The smallest absolute Gasteiger partial charge is 0.221 e. The lowest BCUT2D eigenvalue weighted by atomic mass is 9.99. The third-order valence-electron chi connectivity index (χ3n) is 4.06. The van der Waals surface area contributed by atoms with Crippen molar-refractivity contribution >= 4 is 11.8 Å². The molecule has 2 aromatic carbocycles. The number of rotatable bonds is 6. The van der Waals surface area contributed by atoms with Gasteiger partial charge in [-0.15, -0.1) is 0 Å². The number of hydrogen-bond acceptors (Lipinski definition) is 6. The van der Waals surface area contributed by atoms with Crippen molar-refractivity contribution in [2.24, 2.45) is 0 Å². The molecule has 0 spiro atoms. The zero-order valence-corrected chi connectivity index (χ0v) is 14.9. The highest BCUT2D eigenvalue weighted by molar-refractivity contribution is 5.71. The molecule has 4 N–H and O–H groups in total. The van der Waals surface area contributed by atoms with E-state index in [2.05, 4.69) is 22.1 Å². The average Bonchev–Trinajstić information content (AvgIpc) is 2.65. The Morgan fingerprint density at radius 3 is 2.46 bits per heavy atom. The van der Waals surface area contributed by atoms with E-state index < -0.39 is 0 Å². The van der Waals surface area contributed by atoms with Gasteiger partial charge in [0.15, 0.2) is 0 Å². The summed E-state index contributed by atoms with van der Waals surface area (Å²) < 4.78 is 11.1. The average molecular weight is 350 g/mol. The van der Waals surface area contributed by atoms with Gasteiger partial charge in [-0.25, -0.2) is 4.98 Å². The van der Waals surface area contributed by atoms with Crippen LogP contribution in [-0.4, -0.2) is 23.7 Å². The summed E-state index contributed by atoms with van der Waals surface area (Å²) in [5.74, 6) is 2.22. The second-order valence-electron chi connectivity index (χ2n) is 5.81. The fraction of sp³-hybridized carbons (Fsp3) is 0.200. The molecule has 0 radical (unpaired) electrons. The molecule has 1 aromatic heterocycles. The number of benzene rings is 2. The molecule has 0 unspecified atom stereocenters. The first-order chi connectivity index (χ1) is 12.6. The van der Waals surface area contributed by atoms with E-state index in [0.29, 0.717) is 18.8 Å². The first-order valence-corrected chi connectivity index (χ1v) is 8.37. The number of aromatic nitrogens is 2. The van der Waals surface area contributed by atoms with Crippen LogP contribution in [0.1, 0.15) is 18.1 Å². The summed E-state index contributed by atoms with van der Waals surface area (Å²) in [6.07, 6.45) is 2.27. The van der Waals surface area contributed by atoms with Crippen LogP contribution in [0.5, 0.6) is 11.5 Å². The molecule has 0 atom stereocenters. The van der Waals surface area contributed by atoms with E-state index >= 15 is 0 Å². The summed E-state index contributed by atoms with van der Waals surface area (Å²) in [7, 11) is 1.65. The van der Waals surface area contributed by atoms with Crippen LogP contribution in [0.4, 0.5) is 11.8 Å². The number of nitrogens with zero attached hydrogens (tertiary/aromatic N) is 2. The van der Waals surface area contributed by atoms with Crippen LogP contribution >= 0.6 is 0 Å². The maximum absolute atomic E-state index is 5.94. The molecule has 26 heavy (non-hydrogen) atoms. The fourth-order valence-corrected chi connectivity index (χ4v) is 2.75. The molecule has 0 saturated heterocycles. The van der Waals surface area contributed by atoms with Gasteiger partial charge in [0.1, 0.15) is 17.3 Å². The zero-order valence-electron chi connectivity index (χ0n) is 14.9. The maximum atomic E-state index is 5.94. The Morgan fingerprint density at radius 1 is 1.04 bits per heavy atom. The third-order valence-corrected chi connectivity index (χ3v) is 4.06. The Morgan fingerprint density at radius 2 is 1.81 bits per heavy atom. The predicted molar refractivity (Wildman–Crippen MR) is 103 cm³/mol. The van der Waals surface area contributed by atoms with Gasteiger partial charge in [-0.1, -0.05) is 24.3 Å². The SMILES string of the molecule is CCOc1cc(Cc2cnc(N)nc2N)ccc1-c1ccc(OC)cc1. The molecule has 3 rings (SSSR count). The van der Waals surface area contributed by atoms with Crippen LogP contribution in [-0.2, 0) is 6.42 Å². The van der Waals surface area contributed by atoms with Gasteiger partial charge in [0.2, 0.25) is 5.95 Å². The first-order valence-electron chi connectivity index (χ1n) is 8.37. The van der Waals surface area contributed by atoms with Crippen LogP contribution in [0.25, 0.3) is 11.1 Å². The third kappa shape index (κ3) is 3.85. The Hall–Kier alpha value is -3.28. The van der Waals surface area contributed by atoms with Gasteiger partial charge >= 0.3 is 0 Å². The number of nitrogen functional groups attached to an aromatic ring is 2. The Balaban J connectivity index is 1.92. The lowest BCUT2D eigenvalue weighted by molar-refractivity contribution is 0.341. The molecule has 0 fully saturated rings. The number of nitrogens with two attached hydrogens (primary N) is 2. The minimum atomic E-state index is 0.177. The minimum absolute atomic E-state index is 0.177. The van der Waals surface area contributed by atoms with Gasteiger partial charge in [0, 0.05) is 23.7 Å². The molecular formula is C20H22N4O2. The van der Waals surface area contributed by atoms with Crippen molar-refractivity contribution < 1.29 is 9.47 Å². The molecule has 134 valence electrons. The highest BCUT2D eigenvalue weighted by Gasteiger charge is 2.10. The Labute approximate surface area is 152 Å². The highest BCUT2D eigenvalue weighted by atomic mass is 16.5. The monoisotopic (exact) mass is 350 g/mol. The number of hydrogen-bond donors (Lipinski definition) is 2. The van der Waals surface area contributed by atoms with Crippen molar-refractivity contribution in [3.63, 3.8) is 0 Å². The second-order valence-corrected chi connectivity index (χ2v) is 5.81. The summed E-state index contributed by atoms with van der Waals surface area (Å²) in [5.41, 5.74) is 15.5. The minimum Gasteiger partial charge on any atom is -0.497 e. The molecule has 3 aromatic rings. The predicted octanol–water partition coefficient (Wildman–Crippen LogP) is 3.31. The molecule has 6 heteroatoms. The van der Waals surface area contributed by atoms with Gasteiger partial charge < -0.3 is 20.9 Å². The zero-order chi connectivity index (χ0) is 18.5. The lowest BCUT2D eigenvalue weighted by Gasteiger charge is -2.13. The summed E-state index contributed by atoms with van der Waals surface area (Å²) in [5, 5.41) is 0. The topological polar surface area (TPSA) is 96.3 Å². The molecule has 0 aliphatic rings. The maximum Gasteiger partial charge on any atom is 0.221 e. The van der Waals surface area contributed by atoms with Crippen molar-refractivity contribution in [3.05, 3.63) is 59.8 Å². The van der Waals surface area contributed by atoms with Crippen LogP contribution in [0.3, 0.4) is 0 Å². The van der Waals surface area contributed by atoms with Crippen LogP contribution < -0.4 is 20.9 Å². The van der Waals surface area contributed by atoms with Crippen LogP contribution in [0.15, 0.2) is 48.7 Å². The summed E-state index contributed by atoms with van der Waals surface area (Å²) in [6.45, 7) is 2.55. The van der Waals surface area contributed by atoms with E-state index in [4.69, 9.17) is 20.9 Å². The van der Waals surface area contributed by atoms with Gasteiger partial charge in [0.25, 0.3) is 0 Å². The van der Waals surface area contributed by atoms with E-state index in [1.807, 2.05) is 37.3 Å². The Bertz CT molecular complexity index is 895. The first kappa shape index (κ1) is 17.5. The molecular weight excluding hydrogens is 328 g/mol. The summed E-state index contributed by atoms with van der Waals surface area (Å²) >= 11 is 0. The van der Waals surface area contributed by atoms with Crippen LogP contribution in [0.2, 0.25) is 0 Å². The van der Waals surface area contributed by atoms with Crippen molar-refractivity contribution in [1.82, 2.24) is 9.97 Å². The Kier molecular flexibility index (Phi) is 5.22. The molecule has 1 heterocycles. The van der Waals surface area contributed by atoms with E-state index in [-0.39, 0.29) is 5.95 Å². The standard InChI is InChI=1S/C20H22N4O2/c1-3-26-18-11-13(10-15-12-23-20(22)24-19(15)21)4-9-17(18)14-5-7-16(25-2)8-6-14/h4-9,11-12H,3,10H2,1-2H3,(H4,21,22,23,24). The molecule has 0 aliphatic carbocycles. The van der Waals surface area contributed by atoms with Crippen molar-refractivity contribution in [2.75, 3.05) is 25.2 Å². The second kappa shape index (κ2) is 7.74. The van der Waals surface area contributed by atoms with Crippen molar-refractivity contribution in [2.45, 2.75) is 13.3 Å². The summed E-state index contributed by atoms with van der Waals surface area (Å²) in [6, 6.07) is 14.0. The molecule has 0 amide bonds. The highest BCUT2D eigenvalue weighted by Crippen LogP contribution is 2.33. The van der Waals surface area contributed by atoms with Crippen molar-refractivity contribution in [3.8, 4) is 22.6 Å². The molecule has 0 aliphatic heterocycles. The quantitative estimate of drug-likeness (QED) is 0.708. The number of ether oxygens (including phenoxy) is 2. The molecule has 0 bridgehead atoms. The molecule has 0 saturated carbocycles. The largest absolute Gasteiger partial charge is 0.497 e. The van der Waals surface area contributed by atoms with E-state index in [0.717, 1.165) is 33.8 Å². The van der Waals surface area contributed by atoms with Gasteiger partial charge in [-0.05, 0) is 36.2 Å². The normalized spacial score (nSPS) is 10.5. The van der Waals surface area contributed by atoms with Gasteiger partial charge in [0.05, 0.1) is 13.7 Å². The fourth-order valence-electron chi connectivity index (χ4n) is 2.75. The number of anilines is 2. The van der Waals surface area contributed by atoms with E-state index in [1.165, 1.54) is 0 Å². The van der Waals surface area contributed by atoms with Gasteiger partial charge in [-0.3, -0.25) is 0 Å².